The van der Waals surface area contributed by atoms with Gasteiger partial charge in [-0.05, 0) is 101 Å². The van der Waals surface area contributed by atoms with Crippen LogP contribution in [0.5, 0.6) is 11.5 Å². The number of methoxy groups -OCH3 is 1. The number of fused-ring (bicyclic) bond motifs is 2. The van der Waals surface area contributed by atoms with Crippen molar-refractivity contribution in [3.8, 4) is 11.5 Å². The fraction of sp³-hybridized carbons (Fsp3) is 0.550. The Kier molecular flexibility index (Phi) is 11.4. The van der Waals surface area contributed by atoms with Gasteiger partial charge in [0.2, 0.25) is 5.79 Å². The zero-order valence-corrected chi connectivity index (χ0v) is 30.2. The topological polar surface area (TPSA) is 184 Å². The molecule has 12 nitrogen and oxygen atoms in total. The first-order valence-corrected chi connectivity index (χ1v) is 18.2. The molecule has 2 aliphatic heterocycles. The minimum Gasteiger partial charge on any atom is -0.504 e. The van der Waals surface area contributed by atoms with Crippen molar-refractivity contribution in [3.63, 3.8) is 0 Å². The van der Waals surface area contributed by atoms with Gasteiger partial charge in [0.15, 0.2) is 23.7 Å². The molecule has 2 bridgehead atoms. The first-order chi connectivity index (χ1) is 24.8. The van der Waals surface area contributed by atoms with Gasteiger partial charge in [0.1, 0.15) is 12.2 Å². The SMILES string of the molecule is COc1cc(C=C(CC2c3cc(CCO)cc4c3C(=CC2CO)C(CC(C)C)CC4)C(=O)OC2C(OC(C)=O)C(O)C3CNCC2(O)O3)ccc1O. The maximum absolute atomic E-state index is 14.5. The molecule has 2 saturated heterocycles. The predicted octanol–water partition coefficient (Wildman–Crippen LogP) is 3.00. The third-order valence-electron chi connectivity index (χ3n) is 10.8. The molecule has 2 aromatic carbocycles. The first kappa shape index (κ1) is 38.0. The van der Waals surface area contributed by atoms with Crippen LogP contribution in [0.2, 0.25) is 0 Å². The second kappa shape index (κ2) is 15.7. The Morgan fingerprint density at radius 2 is 1.94 bits per heavy atom. The summed E-state index contributed by atoms with van der Waals surface area (Å²) in [6.45, 7) is 5.42. The third kappa shape index (κ3) is 7.64. The van der Waals surface area contributed by atoms with Crippen LogP contribution in [0.3, 0.4) is 0 Å². The molecule has 0 aromatic heterocycles. The van der Waals surface area contributed by atoms with E-state index in [1.165, 1.54) is 31.2 Å². The van der Waals surface area contributed by atoms with Crippen LogP contribution in [0, 0.1) is 17.8 Å². The van der Waals surface area contributed by atoms with Crippen molar-refractivity contribution in [3.05, 3.63) is 69.8 Å². The molecule has 0 radical (unpaired) electrons. The van der Waals surface area contributed by atoms with E-state index in [2.05, 4.69) is 37.4 Å². The molecule has 282 valence electrons. The normalized spacial score (nSPS) is 29.6. The number of rotatable bonds is 12. The van der Waals surface area contributed by atoms with E-state index >= 15 is 0 Å². The van der Waals surface area contributed by atoms with Crippen LogP contribution in [0.25, 0.3) is 11.6 Å². The third-order valence-corrected chi connectivity index (χ3v) is 10.8. The number of nitrogens with one attached hydrogen (secondary N) is 1. The molecule has 12 heteroatoms. The highest BCUT2D eigenvalue weighted by atomic mass is 16.7. The van der Waals surface area contributed by atoms with E-state index in [9.17, 15) is 35.1 Å². The smallest absolute Gasteiger partial charge is 0.334 e. The fourth-order valence-corrected chi connectivity index (χ4v) is 8.49. The average Bonchev–Trinajstić information content (AvgIpc) is 3.10. The van der Waals surface area contributed by atoms with Crippen LogP contribution in [0.4, 0.5) is 0 Å². The summed E-state index contributed by atoms with van der Waals surface area (Å²) in [5.74, 6) is -3.55. The molecule has 2 fully saturated rings. The van der Waals surface area contributed by atoms with Gasteiger partial charge in [-0.25, -0.2) is 4.79 Å². The number of β-amino-alcohol motifs (C(OH)–C–C–N with tert-alkyl or cyclic N) is 1. The van der Waals surface area contributed by atoms with Crippen molar-refractivity contribution in [1.29, 1.82) is 0 Å². The summed E-state index contributed by atoms with van der Waals surface area (Å²) in [5, 5.41) is 56.8. The molecule has 8 unspecified atom stereocenters. The molecule has 2 heterocycles. The Morgan fingerprint density at radius 3 is 2.63 bits per heavy atom. The standard InChI is InChI=1S/C40H51NO11/c1-21(2)11-25-6-7-26-12-24(9-10-42)14-31-29(28(19-43)17-30(25)35(26)31)16-27(13-23-5-8-32(45)33(15-23)49-4)39(47)51-38-37(50-22(3)44)36(46)34-18-41-20-40(38,48)52-34/h5,8,12-15,17,21,25,28-29,34,36-38,41-43,45-46,48H,6-7,9-11,16,18-20H2,1-4H3. The highest BCUT2D eigenvalue weighted by Gasteiger charge is 2.59. The number of aliphatic hydroxyl groups excluding tert-OH is 3. The number of esters is 2. The number of morpholine rings is 1. The molecule has 0 saturated carbocycles. The fourth-order valence-electron chi connectivity index (χ4n) is 8.49. The molecule has 2 aromatic rings. The molecule has 6 rings (SSSR count). The number of aromatic hydroxyl groups is 1. The number of allylic oxidation sites excluding steroid dienone is 1. The lowest BCUT2D eigenvalue weighted by atomic mass is 9.65. The largest absolute Gasteiger partial charge is 0.504 e. The first-order valence-electron chi connectivity index (χ1n) is 18.2. The number of aryl methyl sites for hydroxylation is 1. The van der Waals surface area contributed by atoms with Crippen molar-refractivity contribution >= 4 is 23.6 Å². The van der Waals surface area contributed by atoms with Crippen LogP contribution < -0.4 is 10.1 Å². The van der Waals surface area contributed by atoms with Gasteiger partial charge in [-0.3, -0.25) is 4.79 Å². The highest BCUT2D eigenvalue weighted by Crippen LogP contribution is 2.50. The number of phenolic OH excluding ortho intramolecular Hbond substituents is 1. The number of carbonyl (C=O) groups excluding carboxylic acids is 2. The van der Waals surface area contributed by atoms with Gasteiger partial charge in [-0.15, -0.1) is 0 Å². The molecule has 0 amide bonds. The van der Waals surface area contributed by atoms with Gasteiger partial charge >= 0.3 is 11.9 Å². The Hall–Kier alpha value is -3.78. The highest BCUT2D eigenvalue weighted by molar-refractivity contribution is 5.94. The molecule has 2 aliphatic carbocycles. The van der Waals surface area contributed by atoms with Crippen LogP contribution in [-0.2, 0) is 36.6 Å². The number of phenols is 1. The van der Waals surface area contributed by atoms with Gasteiger partial charge in [0, 0.05) is 38.2 Å². The van der Waals surface area contributed by atoms with E-state index in [-0.39, 0.29) is 55.7 Å². The number of hydrogen-bond acceptors (Lipinski definition) is 12. The molecular formula is C40H51NO11. The molecule has 4 aliphatic rings. The molecule has 52 heavy (non-hydrogen) atoms. The van der Waals surface area contributed by atoms with E-state index in [0.29, 0.717) is 23.8 Å². The number of ether oxygens (including phenoxy) is 4. The summed E-state index contributed by atoms with van der Waals surface area (Å²) in [7, 11) is 1.42. The van der Waals surface area contributed by atoms with E-state index in [4.69, 9.17) is 18.9 Å². The van der Waals surface area contributed by atoms with E-state index in [1.54, 1.807) is 18.2 Å². The maximum Gasteiger partial charge on any atom is 0.334 e. The lowest BCUT2D eigenvalue weighted by Crippen LogP contribution is -2.73. The van der Waals surface area contributed by atoms with Crippen molar-refractivity contribution in [2.24, 2.45) is 17.8 Å². The molecular weight excluding hydrogens is 670 g/mol. The lowest BCUT2D eigenvalue weighted by molar-refractivity contribution is -0.355. The summed E-state index contributed by atoms with van der Waals surface area (Å²) in [6.07, 6.45) is 1.87. The van der Waals surface area contributed by atoms with Crippen molar-refractivity contribution < 1.29 is 54.1 Å². The summed E-state index contributed by atoms with van der Waals surface area (Å²) >= 11 is 0. The molecule has 0 spiro atoms. The Balaban J connectivity index is 1.44. The van der Waals surface area contributed by atoms with E-state index in [0.717, 1.165) is 36.0 Å². The average molecular weight is 722 g/mol. The van der Waals surface area contributed by atoms with E-state index < -0.39 is 48.1 Å². The Morgan fingerprint density at radius 1 is 1.15 bits per heavy atom. The van der Waals surface area contributed by atoms with Crippen LogP contribution in [0.15, 0.2) is 42.0 Å². The van der Waals surface area contributed by atoms with Crippen LogP contribution in [-0.4, -0.2) is 101 Å². The zero-order chi connectivity index (χ0) is 37.3. The predicted molar refractivity (Wildman–Crippen MR) is 191 cm³/mol. The lowest BCUT2D eigenvalue weighted by Gasteiger charge is -2.51. The zero-order valence-electron chi connectivity index (χ0n) is 30.2. The Bertz CT molecular complexity index is 1720. The van der Waals surface area contributed by atoms with Crippen molar-refractivity contribution in [1.82, 2.24) is 5.32 Å². The van der Waals surface area contributed by atoms with Crippen molar-refractivity contribution in [2.45, 2.75) is 89.0 Å². The molecule has 8 atom stereocenters. The van der Waals surface area contributed by atoms with Gasteiger partial charge < -0.3 is 49.8 Å². The second-order valence-corrected chi connectivity index (χ2v) is 15.0. The number of benzene rings is 2. The van der Waals surface area contributed by atoms with Crippen LogP contribution >= 0.6 is 0 Å². The monoisotopic (exact) mass is 721 g/mol. The molecule has 6 N–H and O–H groups in total. The summed E-state index contributed by atoms with van der Waals surface area (Å²) in [4.78, 5) is 26.7. The van der Waals surface area contributed by atoms with Gasteiger partial charge in [0.25, 0.3) is 0 Å². The van der Waals surface area contributed by atoms with Gasteiger partial charge in [0.05, 0.1) is 13.7 Å². The van der Waals surface area contributed by atoms with Gasteiger partial charge in [-0.2, -0.15) is 0 Å². The number of carbonyl (C=O) groups is 2. The summed E-state index contributed by atoms with van der Waals surface area (Å²) in [6, 6.07) is 8.88. The minimum absolute atomic E-state index is 0.0252. The second-order valence-electron chi connectivity index (χ2n) is 15.0. The van der Waals surface area contributed by atoms with Crippen LogP contribution in [0.1, 0.15) is 73.8 Å². The Labute approximate surface area is 304 Å². The van der Waals surface area contributed by atoms with Gasteiger partial charge in [-0.1, -0.05) is 38.1 Å². The summed E-state index contributed by atoms with van der Waals surface area (Å²) in [5.41, 5.74) is 6.17. The van der Waals surface area contributed by atoms with Crippen molar-refractivity contribution in [2.75, 3.05) is 33.4 Å². The maximum atomic E-state index is 14.5. The number of aliphatic hydroxyl groups is 4. The number of hydrogen-bond donors (Lipinski definition) is 6. The van der Waals surface area contributed by atoms with E-state index in [1.807, 2.05) is 0 Å². The quantitative estimate of drug-likeness (QED) is 0.139. The minimum atomic E-state index is -2.11. The summed E-state index contributed by atoms with van der Waals surface area (Å²) < 4.78 is 22.6.